The van der Waals surface area contributed by atoms with Crippen molar-refractivity contribution in [3.05, 3.63) is 35.1 Å². The van der Waals surface area contributed by atoms with E-state index in [0.717, 1.165) is 11.1 Å². The Bertz CT molecular complexity index is 353. The molecule has 0 spiro atoms. The third-order valence-corrected chi connectivity index (χ3v) is 3.21. The second-order valence-electron chi connectivity index (χ2n) is 4.52. The van der Waals surface area contributed by atoms with Crippen LogP contribution >= 0.6 is 0 Å². The van der Waals surface area contributed by atoms with E-state index in [-0.39, 0.29) is 11.4 Å². The molecule has 2 rings (SSSR count). The monoisotopic (exact) mass is 193 g/mol. The van der Waals surface area contributed by atoms with Gasteiger partial charge in [0.15, 0.2) is 0 Å². The Balaban J connectivity index is 2.43. The predicted octanol–water partition coefficient (Wildman–Crippen LogP) is 2.72. The summed E-state index contributed by atoms with van der Waals surface area (Å²) < 4.78 is 13.1. The average molecular weight is 193 g/mol. The molecule has 1 aromatic rings. The number of halogens is 1. The van der Waals surface area contributed by atoms with E-state index in [4.69, 9.17) is 5.73 Å². The van der Waals surface area contributed by atoms with Crippen molar-refractivity contribution in [2.75, 3.05) is 0 Å². The number of hydrogen-bond acceptors (Lipinski definition) is 1. The van der Waals surface area contributed by atoms with Crippen molar-refractivity contribution in [1.82, 2.24) is 0 Å². The van der Waals surface area contributed by atoms with Crippen molar-refractivity contribution < 1.29 is 4.39 Å². The van der Waals surface area contributed by atoms with Crippen molar-refractivity contribution in [2.24, 2.45) is 11.7 Å². The van der Waals surface area contributed by atoms with Gasteiger partial charge >= 0.3 is 0 Å². The van der Waals surface area contributed by atoms with Crippen LogP contribution in [0.2, 0.25) is 0 Å². The van der Waals surface area contributed by atoms with Gasteiger partial charge in [-0.3, -0.25) is 0 Å². The molecular weight excluding hydrogens is 177 g/mol. The molecule has 0 aromatic heterocycles. The zero-order chi connectivity index (χ0) is 10.3. The third-order valence-electron chi connectivity index (χ3n) is 3.21. The van der Waals surface area contributed by atoms with E-state index in [1.165, 1.54) is 18.9 Å². The number of benzene rings is 1. The van der Waals surface area contributed by atoms with Gasteiger partial charge in [-0.15, -0.1) is 0 Å². The Hall–Kier alpha value is -0.890. The minimum absolute atomic E-state index is 0.192. The Morgan fingerprint density at radius 3 is 2.64 bits per heavy atom. The van der Waals surface area contributed by atoms with Crippen LogP contribution in [-0.2, 0) is 5.54 Å². The highest BCUT2D eigenvalue weighted by Crippen LogP contribution is 2.44. The summed E-state index contributed by atoms with van der Waals surface area (Å²) in [4.78, 5) is 0. The van der Waals surface area contributed by atoms with Crippen molar-refractivity contribution >= 4 is 0 Å². The molecule has 1 fully saturated rings. The molecule has 2 heteroatoms. The van der Waals surface area contributed by atoms with Crippen molar-refractivity contribution in [3.63, 3.8) is 0 Å². The normalized spacial score (nSPS) is 20.6. The lowest BCUT2D eigenvalue weighted by Crippen LogP contribution is -2.36. The van der Waals surface area contributed by atoms with E-state index in [2.05, 4.69) is 0 Å². The maximum Gasteiger partial charge on any atom is 0.123 e. The highest BCUT2D eigenvalue weighted by Gasteiger charge is 2.40. The van der Waals surface area contributed by atoms with E-state index in [0.29, 0.717) is 5.92 Å². The van der Waals surface area contributed by atoms with Crippen LogP contribution in [0.4, 0.5) is 4.39 Å². The Morgan fingerprint density at radius 1 is 1.43 bits per heavy atom. The lowest BCUT2D eigenvalue weighted by atomic mass is 9.85. The van der Waals surface area contributed by atoms with Crippen molar-refractivity contribution in [1.29, 1.82) is 0 Å². The number of aryl methyl sites for hydroxylation is 1. The first-order valence-corrected chi connectivity index (χ1v) is 5.07. The summed E-state index contributed by atoms with van der Waals surface area (Å²) in [7, 11) is 0. The summed E-state index contributed by atoms with van der Waals surface area (Å²) in [5, 5.41) is 0. The Kier molecular flexibility index (Phi) is 2.11. The summed E-state index contributed by atoms with van der Waals surface area (Å²) in [6.07, 6.45) is 2.34. The molecule has 1 aromatic carbocycles. The fraction of sp³-hybridized carbons (Fsp3) is 0.500. The molecule has 1 atom stereocenters. The fourth-order valence-corrected chi connectivity index (χ4v) is 2.08. The molecule has 1 nitrogen and oxygen atoms in total. The molecule has 1 aliphatic rings. The van der Waals surface area contributed by atoms with Crippen molar-refractivity contribution in [3.8, 4) is 0 Å². The van der Waals surface area contributed by atoms with Crippen molar-refractivity contribution in [2.45, 2.75) is 32.2 Å². The van der Waals surface area contributed by atoms with Gasteiger partial charge in [0.05, 0.1) is 0 Å². The molecule has 1 unspecified atom stereocenters. The van der Waals surface area contributed by atoms with Gasteiger partial charge in [0.25, 0.3) is 0 Å². The van der Waals surface area contributed by atoms with Gasteiger partial charge in [0, 0.05) is 5.54 Å². The standard InChI is InChI=1S/C12H16FN/c1-8-3-6-10(13)7-11(8)12(2,14)9-4-5-9/h3,6-7,9H,4-5,14H2,1-2H3. The summed E-state index contributed by atoms with van der Waals surface area (Å²) in [5.74, 6) is 0.339. The quantitative estimate of drug-likeness (QED) is 0.767. The first-order valence-electron chi connectivity index (χ1n) is 5.07. The second kappa shape index (κ2) is 3.06. The van der Waals surface area contributed by atoms with Gasteiger partial charge < -0.3 is 5.73 Å². The van der Waals surface area contributed by atoms with E-state index in [1.807, 2.05) is 13.8 Å². The molecule has 0 aliphatic heterocycles. The summed E-state index contributed by atoms with van der Waals surface area (Å²) in [6.45, 7) is 3.99. The molecule has 0 amide bonds. The lowest BCUT2D eigenvalue weighted by molar-refractivity contribution is 0.422. The van der Waals surface area contributed by atoms with E-state index >= 15 is 0 Å². The molecule has 14 heavy (non-hydrogen) atoms. The largest absolute Gasteiger partial charge is 0.321 e. The van der Waals surface area contributed by atoms with Gasteiger partial charge in [-0.1, -0.05) is 6.07 Å². The third kappa shape index (κ3) is 1.55. The topological polar surface area (TPSA) is 26.0 Å². The van der Waals surface area contributed by atoms with Crippen LogP contribution in [0.25, 0.3) is 0 Å². The summed E-state index contributed by atoms with van der Waals surface area (Å²) >= 11 is 0. The van der Waals surface area contributed by atoms with E-state index < -0.39 is 0 Å². The molecular formula is C12H16FN. The molecule has 76 valence electrons. The van der Waals surface area contributed by atoms with Gasteiger partial charge in [0.2, 0.25) is 0 Å². The van der Waals surface area contributed by atoms with Gasteiger partial charge in [-0.2, -0.15) is 0 Å². The highest BCUT2D eigenvalue weighted by atomic mass is 19.1. The molecule has 0 heterocycles. The SMILES string of the molecule is Cc1ccc(F)cc1C(C)(N)C1CC1. The second-order valence-corrected chi connectivity index (χ2v) is 4.52. The molecule has 2 N–H and O–H groups in total. The van der Waals surface area contributed by atoms with Crippen LogP contribution in [0.1, 0.15) is 30.9 Å². The zero-order valence-electron chi connectivity index (χ0n) is 8.68. The van der Waals surface area contributed by atoms with Crippen LogP contribution in [-0.4, -0.2) is 0 Å². The van der Waals surface area contributed by atoms with Gasteiger partial charge in [0.1, 0.15) is 5.82 Å². The van der Waals surface area contributed by atoms with Crippen LogP contribution in [0.15, 0.2) is 18.2 Å². The highest BCUT2D eigenvalue weighted by molar-refractivity contribution is 5.34. The first kappa shape index (κ1) is 9.66. The van der Waals surface area contributed by atoms with Crippen LogP contribution in [0.3, 0.4) is 0 Å². The first-order chi connectivity index (χ1) is 6.51. The minimum Gasteiger partial charge on any atom is -0.321 e. The summed E-state index contributed by atoms with van der Waals surface area (Å²) in [5.41, 5.74) is 7.94. The molecule has 0 radical (unpaired) electrons. The zero-order valence-corrected chi connectivity index (χ0v) is 8.68. The van der Waals surface area contributed by atoms with Crippen LogP contribution < -0.4 is 5.73 Å². The fourth-order valence-electron chi connectivity index (χ4n) is 2.08. The van der Waals surface area contributed by atoms with Crippen LogP contribution in [0, 0.1) is 18.7 Å². The maximum atomic E-state index is 13.1. The molecule has 1 saturated carbocycles. The van der Waals surface area contributed by atoms with Gasteiger partial charge in [-0.25, -0.2) is 4.39 Å². The molecule has 0 saturated heterocycles. The molecule has 1 aliphatic carbocycles. The number of rotatable bonds is 2. The van der Waals surface area contributed by atoms with E-state index in [1.54, 1.807) is 12.1 Å². The Morgan fingerprint density at radius 2 is 2.07 bits per heavy atom. The number of nitrogens with two attached hydrogens (primary N) is 1. The van der Waals surface area contributed by atoms with E-state index in [9.17, 15) is 4.39 Å². The number of hydrogen-bond donors (Lipinski definition) is 1. The average Bonchev–Trinajstić information content (AvgIpc) is 2.91. The summed E-state index contributed by atoms with van der Waals surface area (Å²) in [6, 6.07) is 4.87. The smallest absolute Gasteiger partial charge is 0.123 e. The Labute approximate surface area is 84.1 Å². The minimum atomic E-state index is -0.355. The molecule has 0 bridgehead atoms. The van der Waals surface area contributed by atoms with Crippen LogP contribution in [0.5, 0.6) is 0 Å². The predicted molar refractivity (Wildman–Crippen MR) is 55.4 cm³/mol. The maximum absolute atomic E-state index is 13.1. The lowest BCUT2D eigenvalue weighted by Gasteiger charge is -2.27. The van der Waals surface area contributed by atoms with Gasteiger partial charge in [-0.05, 0) is 55.9 Å².